The maximum absolute atomic E-state index is 12.0. The number of carbonyl (C=O) groups excluding carboxylic acids is 1. The van der Waals surface area contributed by atoms with Crippen molar-refractivity contribution in [2.45, 2.75) is 25.8 Å². The number of rotatable bonds is 4. The van der Waals surface area contributed by atoms with Gasteiger partial charge in [0.1, 0.15) is 0 Å². The van der Waals surface area contributed by atoms with Crippen LogP contribution in [-0.4, -0.2) is 17.2 Å². The predicted molar refractivity (Wildman–Crippen MR) is 99.0 cm³/mol. The minimum Gasteiger partial charge on any atom is -0.334 e. The molecule has 2 heterocycles. The highest BCUT2D eigenvalue weighted by molar-refractivity contribution is 7.13. The molecule has 0 saturated carbocycles. The third kappa shape index (κ3) is 4.01. The van der Waals surface area contributed by atoms with Crippen LogP contribution >= 0.6 is 22.9 Å². The molecule has 0 fully saturated rings. The first-order valence-corrected chi connectivity index (χ1v) is 8.81. The fourth-order valence-corrected chi connectivity index (χ4v) is 3.39. The van der Waals surface area contributed by atoms with Crippen LogP contribution in [-0.2, 0) is 6.54 Å². The number of benzene rings is 1. The Balaban J connectivity index is 1.57. The van der Waals surface area contributed by atoms with Gasteiger partial charge in [-0.15, -0.1) is 11.3 Å². The van der Waals surface area contributed by atoms with Crippen LogP contribution in [0.15, 0.2) is 46.4 Å². The minimum atomic E-state index is -0.298. The van der Waals surface area contributed by atoms with E-state index in [2.05, 4.69) is 20.6 Å². The van der Waals surface area contributed by atoms with E-state index in [4.69, 9.17) is 11.6 Å². The Bertz CT molecular complexity index is 799. The summed E-state index contributed by atoms with van der Waals surface area (Å²) in [6.45, 7) is 2.41. The number of nitrogens with one attached hydrogen (secondary N) is 2. The van der Waals surface area contributed by atoms with Crippen molar-refractivity contribution in [3.05, 3.63) is 57.7 Å². The average Bonchev–Trinajstić information content (AvgIpc) is 3.03. The molecule has 2 aromatic rings. The summed E-state index contributed by atoms with van der Waals surface area (Å²) in [4.78, 5) is 20.7. The summed E-state index contributed by atoms with van der Waals surface area (Å²) in [6, 6.07) is 7.12. The SMILES string of the molecule is CC1=CN=CCC1c1csc(NC(=O)NCc2ccccc2Cl)n1. The molecule has 7 heteroatoms. The third-order valence-electron chi connectivity index (χ3n) is 3.77. The highest BCUT2D eigenvalue weighted by Crippen LogP contribution is 2.31. The van der Waals surface area contributed by atoms with Crippen LogP contribution < -0.4 is 10.6 Å². The molecule has 1 aliphatic heterocycles. The number of carbonyl (C=O) groups is 1. The van der Waals surface area contributed by atoms with Gasteiger partial charge in [0, 0.05) is 35.3 Å². The van der Waals surface area contributed by atoms with E-state index in [1.807, 2.05) is 42.9 Å². The molecule has 0 radical (unpaired) electrons. The number of aliphatic imine (C=N–C) groups is 1. The van der Waals surface area contributed by atoms with Gasteiger partial charge in [0.05, 0.1) is 5.69 Å². The molecule has 1 aromatic carbocycles. The minimum absolute atomic E-state index is 0.237. The Morgan fingerprint density at radius 1 is 1.42 bits per heavy atom. The first kappa shape index (κ1) is 16.7. The number of thiazole rings is 1. The van der Waals surface area contributed by atoms with E-state index in [0.717, 1.165) is 17.7 Å². The van der Waals surface area contributed by atoms with Gasteiger partial charge in [-0.1, -0.05) is 29.8 Å². The van der Waals surface area contributed by atoms with Crippen molar-refractivity contribution >= 4 is 40.3 Å². The van der Waals surface area contributed by atoms with Gasteiger partial charge in [-0.3, -0.25) is 10.3 Å². The predicted octanol–water partition coefficient (Wildman–Crippen LogP) is 4.58. The van der Waals surface area contributed by atoms with Crippen molar-refractivity contribution in [1.29, 1.82) is 0 Å². The van der Waals surface area contributed by atoms with Crippen LogP contribution in [0.1, 0.15) is 30.5 Å². The zero-order chi connectivity index (χ0) is 16.9. The molecule has 1 aromatic heterocycles. The summed E-state index contributed by atoms with van der Waals surface area (Å²) in [5.74, 6) is 0.237. The van der Waals surface area contributed by atoms with E-state index in [-0.39, 0.29) is 11.9 Å². The van der Waals surface area contributed by atoms with Crippen molar-refractivity contribution in [1.82, 2.24) is 10.3 Å². The van der Waals surface area contributed by atoms with Crippen LogP contribution in [0, 0.1) is 0 Å². The fourth-order valence-electron chi connectivity index (χ4n) is 2.43. The maximum Gasteiger partial charge on any atom is 0.321 e. The van der Waals surface area contributed by atoms with Crippen LogP contribution in [0.25, 0.3) is 0 Å². The van der Waals surface area contributed by atoms with E-state index in [1.165, 1.54) is 16.9 Å². The lowest BCUT2D eigenvalue weighted by Crippen LogP contribution is -2.28. The molecule has 0 aliphatic carbocycles. The van der Waals surface area contributed by atoms with E-state index < -0.39 is 0 Å². The van der Waals surface area contributed by atoms with Crippen LogP contribution in [0.4, 0.5) is 9.93 Å². The molecule has 0 spiro atoms. The fraction of sp³-hybridized carbons (Fsp3) is 0.235. The highest BCUT2D eigenvalue weighted by Gasteiger charge is 2.18. The van der Waals surface area contributed by atoms with Crippen molar-refractivity contribution in [3.8, 4) is 0 Å². The standard InChI is InChI=1S/C17H17ClN4OS/c1-11-8-19-7-6-13(11)15-10-24-17(21-15)22-16(23)20-9-12-4-2-3-5-14(12)18/h2-5,7-8,10,13H,6,9H2,1H3,(H2,20,21,22,23). The average molecular weight is 361 g/mol. The van der Waals surface area contributed by atoms with Gasteiger partial charge in [0.15, 0.2) is 5.13 Å². The van der Waals surface area contributed by atoms with Gasteiger partial charge in [0.2, 0.25) is 0 Å². The Morgan fingerprint density at radius 3 is 3.04 bits per heavy atom. The van der Waals surface area contributed by atoms with Gasteiger partial charge in [-0.2, -0.15) is 0 Å². The summed E-state index contributed by atoms with van der Waals surface area (Å²) in [7, 11) is 0. The van der Waals surface area contributed by atoms with E-state index in [9.17, 15) is 4.79 Å². The maximum atomic E-state index is 12.0. The summed E-state index contributed by atoms with van der Waals surface area (Å²) >= 11 is 7.49. The van der Waals surface area contributed by atoms with E-state index >= 15 is 0 Å². The van der Waals surface area contributed by atoms with Gasteiger partial charge >= 0.3 is 6.03 Å². The van der Waals surface area contributed by atoms with Crippen molar-refractivity contribution in [2.24, 2.45) is 4.99 Å². The van der Waals surface area contributed by atoms with Crippen LogP contribution in [0.3, 0.4) is 0 Å². The molecule has 124 valence electrons. The van der Waals surface area contributed by atoms with Crippen LogP contribution in [0.2, 0.25) is 5.02 Å². The smallest absolute Gasteiger partial charge is 0.321 e. The second kappa shape index (κ2) is 7.59. The number of nitrogens with zero attached hydrogens (tertiary/aromatic N) is 2. The Labute approximate surface area is 149 Å². The normalized spacial score (nSPS) is 16.6. The zero-order valence-corrected chi connectivity index (χ0v) is 14.7. The van der Waals surface area contributed by atoms with Crippen molar-refractivity contribution in [2.75, 3.05) is 5.32 Å². The second-order valence-corrected chi connectivity index (χ2v) is 6.73. The number of allylic oxidation sites excluding steroid dienone is 1. The van der Waals surface area contributed by atoms with Crippen molar-refractivity contribution in [3.63, 3.8) is 0 Å². The Morgan fingerprint density at radius 2 is 2.25 bits per heavy atom. The number of hydrogen-bond acceptors (Lipinski definition) is 4. The lowest BCUT2D eigenvalue weighted by molar-refractivity contribution is 0.251. The molecule has 3 rings (SSSR count). The molecule has 1 unspecified atom stereocenters. The summed E-state index contributed by atoms with van der Waals surface area (Å²) in [5, 5.41) is 8.74. The van der Waals surface area contributed by atoms with E-state index in [0.29, 0.717) is 16.7 Å². The highest BCUT2D eigenvalue weighted by atomic mass is 35.5. The lowest BCUT2D eigenvalue weighted by Gasteiger charge is -2.15. The monoisotopic (exact) mass is 360 g/mol. The molecule has 0 saturated heterocycles. The van der Waals surface area contributed by atoms with E-state index in [1.54, 1.807) is 6.07 Å². The van der Waals surface area contributed by atoms with Gasteiger partial charge in [0.25, 0.3) is 0 Å². The molecule has 2 N–H and O–H groups in total. The zero-order valence-electron chi connectivity index (χ0n) is 13.1. The topological polar surface area (TPSA) is 66.4 Å². The number of amides is 2. The summed E-state index contributed by atoms with van der Waals surface area (Å²) in [6.07, 6.45) is 4.58. The molecule has 1 atom stereocenters. The van der Waals surface area contributed by atoms with Gasteiger partial charge in [-0.05, 0) is 30.5 Å². The number of anilines is 1. The quantitative estimate of drug-likeness (QED) is 0.838. The summed E-state index contributed by atoms with van der Waals surface area (Å²) < 4.78 is 0. The Kier molecular flexibility index (Phi) is 5.27. The molecular weight excluding hydrogens is 344 g/mol. The van der Waals surface area contributed by atoms with Crippen molar-refractivity contribution < 1.29 is 4.79 Å². The molecule has 2 amide bonds. The molecule has 0 bridgehead atoms. The van der Waals surface area contributed by atoms with Gasteiger partial charge < -0.3 is 5.32 Å². The first-order valence-electron chi connectivity index (χ1n) is 7.55. The summed E-state index contributed by atoms with van der Waals surface area (Å²) in [5.41, 5.74) is 3.01. The Hall–Kier alpha value is -2.18. The number of aromatic nitrogens is 1. The largest absolute Gasteiger partial charge is 0.334 e. The van der Waals surface area contributed by atoms with Crippen LogP contribution in [0.5, 0.6) is 0 Å². The molecule has 1 aliphatic rings. The third-order valence-corrected chi connectivity index (χ3v) is 4.92. The second-order valence-electron chi connectivity index (χ2n) is 5.47. The number of hydrogen-bond donors (Lipinski definition) is 2. The number of halogens is 1. The number of urea groups is 1. The first-order chi connectivity index (χ1) is 11.6. The lowest BCUT2D eigenvalue weighted by atomic mass is 9.94. The molecule has 5 nitrogen and oxygen atoms in total. The van der Waals surface area contributed by atoms with Gasteiger partial charge in [-0.25, -0.2) is 9.78 Å². The molecule has 24 heavy (non-hydrogen) atoms. The molecular formula is C17H17ClN4OS.